The first-order chi connectivity index (χ1) is 10.6. The summed E-state index contributed by atoms with van der Waals surface area (Å²) in [6.07, 6.45) is 2.56. The summed E-state index contributed by atoms with van der Waals surface area (Å²) < 4.78 is 2.29. The van der Waals surface area contributed by atoms with E-state index >= 15 is 0 Å². The average molecular weight is 366 g/mol. The van der Waals surface area contributed by atoms with Crippen LogP contribution in [-0.4, -0.2) is 28.7 Å². The molecule has 0 spiro atoms. The highest BCUT2D eigenvalue weighted by Crippen LogP contribution is 2.48. The molecule has 0 aliphatic carbocycles. The van der Waals surface area contributed by atoms with E-state index in [2.05, 4.69) is 28.0 Å². The maximum Gasteiger partial charge on any atom is 0.294 e. The largest absolute Gasteiger partial charge is 0.314 e. The van der Waals surface area contributed by atoms with Gasteiger partial charge in [0, 0.05) is 11.3 Å². The Balaban J connectivity index is 1.96. The van der Waals surface area contributed by atoms with E-state index in [4.69, 9.17) is 5.21 Å². The first-order valence-electron chi connectivity index (χ1n) is 7.01. The fourth-order valence-corrected chi connectivity index (χ4v) is 6.19. The van der Waals surface area contributed by atoms with Gasteiger partial charge < -0.3 is 15.4 Å². The Labute approximate surface area is 141 Å². The minimum absolute atomic E-state index is 0.156. The zero-order chi connectivity index (χ0) is 15.9. The lowest BCUT2D eigenvalue weighted by molar-refractivity contribution is -0.757. The molecule has 0 fully saturated rings. The molecule has 0 saturated heterocycles. The van der Waals surface area contributed by atoms with Gasteiger partial charge in [-0.15, -0.1) is 38.1 Å². The predicted octanol–water partition coefficient (Wildman–Crippen LogP) is 3.24. The van der Waals surface area contributed by atoms with E-state index < -0.39 is 5.09 Å². The number of hydrogen-bond donors (Lipinski definition) is 3. The zero-order valence-corrected chi connectivity index (χ0v) is 14.6. The molecule has 1 aromatic heterocycles. The normalized spacial score (nSPS) is 20.6. The van der Waals surface area contributed by atoms with Crippen LogP contribution in [0, 0.1) is 10.1 Å². The molecule has 124 valence electrons. The number of rotatable bonds is 9. The topological polar surface area (TPSA) is 96.7 Å². The number of nitrogens with zero attached hydrogens (tertiary/aromatic N) is 1. The summed E-state index contributed by atoms with van der Waals surface area (Å²) in [6, 6.07) is 2.41. The molecule has 2 atom stereocenters. The Morgan fingerprint density at radius 2 is 2.45 bits per heavy atom. The predicted molar refractivity (Wildman–Crippen MR) is 88.0 cm³/mol. The van der Waals surface area contributed by atoms with Crippen molar-refractivity contribution in [1.29, 1.82) is 0 Å². The van der Waals surface area contributed by atoms with Gasteiger partial charge in [-0.2, -0.15) is 0 Å². The van der Waals surface area contributed by atoms with Crippen LogP contribution in [0.2, 0.25) is 0 Å². The summed E-state index contributed by atoms with van der Waals surface area (Å²) in [5.41, 5.74) is 1.28. The standard InChI is InChI=1S/C12H19N3O4S3/c1-2-13-10-6-8(4-3-5-19-15(17)18)20-12-9(10)7-11(21-12)22-14-16/h7-8,10,13-14,16H,2-6H2,1H3. The van der Waals surface area contributed by atoms with E-state index in [0.29, 0.717) is 17.7 Å². The first kappa shape index (κ1) is 17.8. The average Bonchev–Trinajstić information content (AvgIpc) is 2.87. The van der Waals surface area contributed by atoms with Crippen molar-refractivity contribution < 1.29 is 15.1 Å². The molecule has 0 bridgehead atoms. The molecule has 7 nitrogen and oxygen atoms in total. The van der Waals surface area contributed by atoms with Gasteiger partial charge in [0.15, 0.2) is 0 Å². The van der Waals surface area contributed by atoms with Gasteiger partial charge in [0.05, 0.1) is 15.0 Å². The second kappa shape index (κ2) is 8.94. The van der Waals surface area contributed by atoms with Crippen molar-refractivity contribution in [2.45, 2.75) is 45.9 Å². The second-order valence-corrected chi connectivity index (χ2v) is 8.49. The second-order valence-electron chi connectivity index (χ2n) is 4.79. The SMILES string of the molecule is CCNC1CC(CCCO[N+](=O)[O-])Sc2sc(SNO)cc21. The van der Waals surface area contributed by atoms with E-state index in [1.54, 1.807) is 11.3 Å². The Morgan fingerprint density at radius 1 is 1.64 bits per heavy atom. The van der Waals surface area contributed by atoms with Gasteiger partial charge in [0.1, 0.15) is 0 Å². The van der Waals surface area contributed by atoms with Crippen molar-refractivity contribution in [3.05, 3.63) is 21.7 Å². The van der Waals surface area contributed by atoms with Crippen molar-refractivity contribution in [1.82, 2.24) is 10.2 Å². The van der Waals surface area contributed by atoms with Gasteiger partial charge in [-0.25, -0.2) is 0 Å². The third kappa shape index (κ3) is 5.00. The van der Waals surface area contributed by atoms with Crippen LogP contribution in [0.25, 0.3) is 0 Å². The molecule has 1 aliphatic heterocycles. The lowest BCUT2D eigenvalue weighted by atomic mass is 10.0. The van der Waals surface area contributed by atoms with Crippen molar-refractivity contribution >= 4 is 35.0 Å². The van der Waals surface area contributed by atoms with E-state index in [1.165, 1.54) is 21.7 Å². The zero-order valence-electron chi connectivity index (χ0n) is 12.1. The molecule has 1 aliphatic rings. The minimum atomic E-state index is -0.738. The van der Waals surface area contributed by atoms with Gasteiger partial charge in [-0.3, -0.25) is 0 Å². The van der Waals surface area contributed by atoms with Crippen LogP contribution in [0.1, 0.15) is 37.8 Å². The third-order valence-corrected chi connectivity index (χ3v) is 6.71. The molecule has 0 radical (unpaired) electrons. The Hall–Kier alpha value is -0.520. The molecule has 2 heterocycles. The van der Waals surface area contributed by atoms with Gasteiger partial charge in [-0.05, 0) is 49.4 Å². The maximum absolute atomic E-state index is 10.2. The van der Waals surface area contributed by atoms with Gasteiger partial charge >= 0.3 is 0 Å². The van der Waals surface area contributed by atoms with Crippen LogP contribution in [0.15, 0.2) is 14.5 Å². The minimum Gasteiger partial charge on any atom is -0.314 e. The smallest absolute Gasteiger partial charge is 0.294 e. The third-order valence-electron chi connectivity index (χ3n) is 3.31. The number of thiophene rings is 1. The lowest BCUT2D eigenvalue weighted by Gasteiger charge is -2.29. The fraction of sp³-hybridized carbons (Fsp3) is 0.667. The lowest BCUT2D eigenvalue weighted by Crippen LogP contribution is -2.27. The van der Waals surface area contributed by atoms with E-state index in [1.807, 2.05) is 11.8 Å². The Kier molecular flexibility index (Phi) is 7.25. The van der Waals surface area contributed by atoms with Crippen molar-refractivity contribution in [2.24, 2.45) is 0 Å². The number of nitrogens with one attached hydrogen (secondary N) is 2. The van der Waals surface area contributed by atoms with E-state index in [0.717, 1.165) is 23.6 Å². The maximum atomic E-state index is 10.2. The summed E-state index contributed by atoms with van der Waals surface area (Å²) in [5.74, 6) is 0. The highest BCUT2D eigenvalue weighted by Gasteiger charge is 2.29. The molecule has 0 aromatic carbocycles. The van der Waals surface area contributed by atoms with E-state index in [9.17, 15) is 10.1 Å². The van der Waals surface area contributed by atoms with Gasteiger partial charge in [0.25, 0.3) is 5.09 Å². The fourth-order valence-electron chi connectivity index (χ4n) is 2.45. The molecule has 22 heavy (non-hydrogen) atoms. The summed E-state index contributed by atoms with van der Waals surface area (Å²) in [4.78, 5) is 16.7. The molecule has 1 aromatic rings. The summed E-state index contributed by atoms with van der Waals surface area (Å²) in [7, 11) is 0. The molecule has 2 rings (SSSR count). The van der Waals surface area contributed by atoms with E-state index in [-0.39, 0.29) is 6.61 Å². The number of hydrogen-bond acceptors (Lipinski definition) is 9. The molecular formula is C12H19N3O4S3. The van der Waals surface area contributed by atoms with Crippen LogP contribution < -0.4 is 10.2 Å². The molecular weight excluding hydrogens is 346 g/mol. The monoisotopic (exact) mass is 365 g/mol. The van der Waals surface area contributed by atoms with Crippen molar-refractivity contribution in [3.63, 3.8) is 0 Å². The number of fused-ring (bicyclic) bond motifs is 1. The van der Waals surface area contributed by atoms with Crippen LogP contribution in [0.5, 0.6) is 0 Å². The summed E-state index contributed by atoms with van der Waals surface area (Å²) in [5, 5.41) is 22.2. The van der Waals surface area contributed by atoms with Crippen molar-refractivity contribution in [3.8, 4) is 0 Å². The van der Waals surface area contributed by atoms with Crippen molar-refractivity contribution in [2.75, 3.05) is 13.2 Å². The summed E-state index contributed by atoms with van der Waals surface area (Å²) in [6.45, 7) is 3.13. The molecule has 2 unspecified atom stereocenters. The highest BCUT2D eigenvalue weighted by atomic mass is 32.2. The van der Waals surface area contributed by atoms with Crippen LogP contribution >= 0.6 is 35.0 Å². The molecule has 0 saturated carbocycles. The highest BCUT2D eigenvalue weighted by molar-refractivity contribution is 8.03. The molecule has 0 amide bonds. The summed E-state index contributed by atoms with van der Waals surface area (Å²) >= 11 is 4.69. The molecule has 3 N–H and O–H groups in total. The van der Waals surface area contributed by atoms with Crippen LogP contribution in [0.4, 0.5) is 0 Å². The number of thioether (sulfide) groups is 1. The van der Waals surface area contributed by atoms with Gasteiger partial charge in [0.2, 0.25) is 0 Å². The first-order valence-corrected chi connectivity index (χ1v) is 9.52. The van der Waals surface area contributed by atoms with Gasteiger partial charge in [-0.1, -0.05) is 6.92 Å². The Morgan fingerprint density at radius 3 is 3.14 bits per heavy atom. The molecule has 10 heteroatoms. The van der Waals surface area contributed by atoms with Crippen LogP contribution in [0.3, 0.4) is 0 Å². The van der Waals surface area contributed by atoms with Crippen LogP contribution in [-0.2, 0) is 4.84 Å². The quantitative estimate of drug-likeness (QED) is 0.266. The Bertz CT molecular complexity index is 500.